The lowest BCUT2D eigenvalue weighted by molar-refractivity contribution is -0.119. The molecule has 5 nitrogen and oxygen atoms in total. The summed E-state index contributed by atoms with van der Waals surface area (Å²) in [6.07, 6.45) is 4.13. The molecule has 2 aliphatic heterocycles. The number of nitrogens with zero attached hydrogens (tertiary/aromatic N) is 1. The zero-order chi connectivity index (χ0) is 18.8. The Morgan fingerprint density at radius 1 is 1.15 bits per heavy atom. The fourth-order valence-corrected chi connectivity index (χ4v) is 4.15. The minimum absolute atomic E-state index is 0.0429. The number of hydrogen-bond donors (Lipinski definition) is 2. The summed E-state index contributed by atoms with van der Waals surface area (Å²) in [5.41, 5.74) is 3.23. The Morgan fingerprint density at radius 2 is 1.96 bits per heavy atom. The highest BCUT2D eigenvalue weighted by atomic mass is 16.2. The van der Waals surface area contributed by atoms with E-state index in [1.54, 1.807) is 0 Å². The first-order valence-electron chi connectivity index (χ1n) is 9.62. The van der Waals surface area contributed by atoms with Crippen LogP contribution >= 0.6 is 0 Å². The monoisotopic (exact) mass is 363 g/mol. The molecule has 2 aromatic rings. The maximum absolute atomic E-state index is 13.2. The second kappa shape index (κ2) is 7.53. The second-order valence-corrected chi connectivity index (χ2v) is 7.34. The Bertz CT molecular complexity index is 919. The lowest BCUT2D eigenvalue weighted by Crippen LogP contribution is -2.37. The van der Waals surface area contributed by atoms with E-state index in [0.29, 0.717) is 13.1 Å². The molecule has 0 saturated carbocycles. The van der Waals surface area contributed by atoms with Gasteiger partial charge in [-0.2, -0.15) is 0 Å². The third-order valence-corrected chi connectivity index (χ3v) is 5.41. The van der Waals surface area contributed by atoms with Crippen LogP contribution < -0.4 is 10.6 Å². The van der Waals surface area contributed by atoms with Gasteiger partial charge in [-0.25, -0.2) is 0 Å². The van der Waals surface area contributed by atoms with Gasteiger partial charge in [0.15, 0.2) is 0 Å². The van der Waals surface area contributed by atoms with Crippen molar-refractivity contribution in [2.75, 3.05) is 26.2 Å². The minimum atomic E-state index is -0.0431. The number of hydrogen-bond acceptors (Lipinski definition) is 3. The molecule has 2 heterocycles. The number of carbonyl (C=O) groups excluding carboxylic acids is 2. The van der Waals surface area contributed by atoms with E-state index < -0.39 is 0 Å². The van der Waals surface area contributed by atoms with Crippen LogP contribution in [0.3, 0.4) is 0 Å². The number of nitrogens with one attached hydrogen (secondary N) is 2. The highest BCUT2D eigenvalue weighted by Gasteiger charge is 2.28. The molecule has 2 N–H and O–H groups in total. The summed E-state index contributed by atoms with van der Waals surface area (Å²) in [4.78, 5) is 26.3. The van der Waals surface area contributed by atoms with Crippen LogP contribution in [0.4, 0.5) is 0 Å². The van der Waals surface area contributed by atoms with Crippen molar-refractivity contribution in [1.82, 2.24) is 15.5 Å². The van der Waals surface area contributed by atoms with Crippen LogP contribution in [0.25, 0.3) is 16.3 Å². The van der Waals surface area contributed by atoms with Gasteiger partial charge in [0.25, 0.3) is 5.91 Å². The van der Waals surface area contributed by atoms with Gasteiger partial charge in [0.2, 0.25) is 5.91 Å². The molecule has 0 bridgehead atoms. The Labute approximate surface area is 159 Å². The predicted molar refractivity (Wildman–Crippen MR) is 108 cm³/mol. The second-order valence-electron chi connectivity index (χ2n) is 7.34. The van der Waals surface area contributed by atoms with Gasteiger partial charge in [-0.05, 0) is 47.4 Å². The number of rotatable bonds is 3. The smallest absolute Gasteiger partial charge is 0.254 e. The minimum Gasteiger partial charge on any atom is -0.352 e. The van der Waals surface area contributed by atoms with Crippen molar-refractivity contribution >= 4 is 28.2 Å². The third-order valence-electron chi connectivity index (χ3n) is 5.41. The van der Waals surface area contributed by atoms with Crippen molar-refractivity contribution in [3.8, 4) is 0 Å². The van der Waals surface area contributed by atoms with Gasteiger partial charge in [-0.15, -0.1) is 0 Å². The predicted octanol–water partition coefficient (Wildman–Crippen LogP) is 2.57. The molecule has 5 heteroatoms. The van der Waals surface area contributed by atoms with E-state index in [0.717, 1.165) is 42.3 Å². The van der Waals surface area contributed by atoms with E-state index in [1.165, 1.54) is 18.1 Å². The summed E-state index contributed by atoms with van der Waals surface area (Å²) >= 11 is 0. The zero-order valence-corrected chi connectivity index (χ0v) is 15.6. The Hall–Kier alpha value is -2.66. The lowest BCUT2D eigenvalue weighted by Gasteiger charge is -2.20. The van der Waals surface area contributed by atoms with Crippen molar-refractivity contribution in [1.29, 1.82) is 0 Å². The first-order valence-corrected chi connectivity index (χ1v) is 9.62. The van der Waals surface area contributed by atoms with Gasteiger partial charge in [-0.3, -0.25) is 9.59 Å². The molecule has 2 amide bonds. The zero-order valence-electron chi connectivity index (χ0n) is 15.6. The number of amides is 2. The fraction of sp³-hybridized carbons (Fsp3) is 0.364. The van der Waals surface area contributed by atoms with Crippen molar-refractivity contribution in [2.45, 2.75) is 25.8 Å². The normalized spacial score (nSPS) is 19.8. The summed E-state index contributed by atoms with van der Waals surface area (Å²) in [5, 5.41) is 8.46. The Morgan fingerprint density at radius 3 is 2.74 bits per heavy atom. The number of carbonyl (C=O) groups is 2. The van der Waals surface area contributed by atoms with Crippen molar-refractivity contribution in [3.63, 3.8) is 0 Å². The van der Waals surface area contributed by atoms with Crippen LogP contribution in [-0.4, -0.2) is 48.9 Å². The average Bonchev–Trinajstić information content (AvgIpc) is 3.15. The lowest BCUT2D eigenvalue weighted by atomic mass is 9.93. The molecule has 4 rings (SSSR count). The molecule has 1 fully saturated rings. The summed E-state index contributed by atoms with van der Waals surface area (Å²) in [5.74, 6) is -0.000168. The number of benzene rings is 2. The molecule has 140 valence electrons. The van der Waals surface area contributed by atoms with Crippen LogP contribution in [0.2, 0.25) is 0 Å². The number of likely N-dealkylation sites (tertiary alicyclic amines) is 1. The van der Waals surface area contributed by atoms with Crippen molar-refractivity contribution in [2.24, 2.45) is 0 Å². The average molecular weight is 363 g/mol. The van der Waals surface area contributed by atoms with E-state index in [9.17, 15) is 9.59 Å². The van der Waals surface area contributed by atoms with Gasteiger partial charge in [0.1, 0.15) is 0 Å². The summed E-state index contributed by atoms with van der Waals surface area (Å²) < 4.78 is 0. The highest BCUT2D eigenvalue weighted by Crippen LogP contribution is 2.29. The molecular formula is C22H25N3O2. The molecular weight excluding hydrogens is 338 g/mol. The molecule has 2 aliphatic rings. The SMILES string of the molecule is CC(=O)NC1CCN(C(=O)c2cccc3c(C4=CCCNC4)cccc23)C1. The van der Waals surface area contributed by atoms with E-state index >= 15 is 0 Å². The first kappa shape index (κ1) is 17.7. The molecule has 1 atom stereocenters. The maximum Gasteiger partial charge on any atom is 0.254 e. The van der Waals surface area contributed by atoms with E-state index in [-0.39, 0.29) is 17.9 Å². The maximum atomic E-state index is 13.2. The van der Waals surface area contributed by atoms with Gasteiger partial charge >= 0.3 is 0 Å². The van der Waals surface area contributed by atoms with Gasteiger partial charge in [-0.1, -0.05) is 36.4 Å². The van der Waals surface area contributed by atoms with E-state index in [1.807, 2.05) is 29.2 Å². The number of fused-ring (bicyclic) bond motifs is 1. The standard InChI is InChI=1S/C22H25N3O2/c1-15(26)24-17-10-12-25(14-17)22(27)21-9-3-7-19-18(6-2-8-20(19)21)16-5-4-11-23-13-16/h2-3,5-9,17,23H,4,10-14H2,1H3,(H,24,26). The van der Waals surface area contributed by atoms with Crippen LogP contribution in [0.15, 0.2) is 42.5 Å². The molecule has 27 heavy (non-hydrogen) atoms. The summed E-state index contributed by atoms with van der Waals surface area (Å²) in [6, 6.07) is 12.2. The quantitative estimate of drug-likeness (QED) is 0.881. The van der Waals surface area contributed by atoms with Gasteiger partial charge in [0.05, 0.1) is 0 Å². The molecule has 0 aromatic heterocycles. The van der Waals surface area contributed by atoms with Crippen molar-refractivity contribution in [3.05, 3.63) is 53.6 Å². The summed E-state index contributed by atoms with van der Waals surface area (Å²) in [7, 11) is 0. The largest absolute Gasteiger partial charge is 0.352 e. The molecule has 0 aliphatic carbocycles. The molecule has 0 radical (unpaired) electrons. The molecule has 0 spiro atoms. The van der Waals surface area contributed by atoms with E-state index in [4.69, 9.17) is 0 Å². The summed E-state index contributed by atoms with van der Waals surface area (Å²) in [6.45, 7) is 4.65. The third kappa shape index (κ3) is 3.60. The Kier molecular flexibility index (Phi) is 4.94. The fourth-order valence-electron chi connectivity index (χ4n) is 4.15. The van der Waals surface area contributed by atoms with Crippen LogP contribution in [0, 0.1) is 0 Å². The first-order chi connectivity index (χ1) is 13.1. The molecule has 1 unspecified atom stereocenters. The van der Waals surface area contributed by atoms with E-state index in [2.05, 4.69) is 28.8 Å². The Balaban J connectivity index is 1.66. The van der Waals surface area contributed by atoms with Crippen LogP contribution in [-0.2, 0) is 4.79 Å². The van der Waals surface area contributed by atoms with Crippen molar-refractivity contribution < 1.29 is 9.59 Å². The van der Waals surface area contributed by atoms with Crippen LogP contribution in [0.5, 0.6) is 0 Å². The molecule has 1 saturated heterocycles. The van der Waals surface area contributed by atoms with Crippen LogP contribution in [0.1, 0.15) is 35.7 Å². The molecule has 2 aromatic carbocycles. The highest BCUT2D eigenvalue weighted by molar-refractivity contribution is 6.09. The van der Waals surface area contributed by atoms with Gasteiger partial charge < -0.3 is 15.5 Å². The topological polar surface area (TPSA) is 61.4 Å². The van der Waals surface area contributed by atoms with Gasteiger partial charge in [0, 0.05) is 38.2 Å².